The van der Waals surface area contributed by atoms with Gasteiger partial charge in [0.25, 0.3) is 0 Å². The Balaban J connectivity index is 3.10. The number of carbonyl (C=O) groups is 1. The molecule has 0 aromatic heterocycles. The summed E-state index contributed by atoms with van der Waals surface area (Å²) in [4.78, 5) is 28.5. The fraction of sp³-hybridized carbons (Fsp3) is 0.800. The molecule has 2 N–H and O–H groups in total. The van der Waals surface area contributed by atoms with Gasteiger partial charge in [0, 0.05) is 6.08 Å². The molecule has 0 aromatic rings. The van der Waals surface area contributed by atoms with Crippen LogP contribution in [0.1, 0.15) is 64.2 Å². The highest BCUT2D eigenvalue weighted by atomic mass is 32.5. The van der Waals surface area contributed by atoms with Crippen molar-refractivity contribution in [3.63, 3.8) is 0 Å². The second-order valence-corrected chi connectivity index (χ2v) is 7.90. The van der Waals surface area contributed by atoms with Crippen LogP contribution in [0.3, 0.4) is 0 Å². The Labute approximate surface area is 139 Å². The summed E-state index contributed by atoms with van der Waals surface area (Å²) in [5.74, 6) is -0.344. The quantitative estimate of drug-likeness (QED) is 0.202. The minimum Gasteiger partial charge on any atom is -0.463 e. The zero-order valence-electron chi connectivity index (χ0n) is 13.2. The molecule has 7 heteroatoms. The maximum atomic E-state index is 10.8. The van der Waals surface area contributed by atoms with E-state index >= 15 is 0 Å². The van der Waals surface area contributed by atoms with E-state index < -0.39 is 6.72 Å². The SMILES string of the molecule is C=CC(=O)OCCCCCCCCCCCCOP(O)(O)=S. The summed E-state index contributed by atoms with van der Waals surface area (Å²) in [6.45, 7) is 0.713. The van der Waals surface area contributed by atoms with Crippen molar-refractivity contribution in [3.8, 4) is 0 Å². The highest BCUT2D eigenvalue weighted by Crippen LogP contribution is 2.36. The fourth-order valence-electron chi connectivity index (χ4n) is 2.03. The van der Waals surface area contributed by atoms with E-state index in [0.29, 0.717) is 13.2 Å². The van der Waals surface area contributed by atoms with E-state index in [2.05, 4.69) is 18.4 Å². The van der Waals surface area contributed by atoms with E-state index in [9.17, 15) is 4.79 Å². The fourth-order valence-corrected chi connectivity index (χ4v) is 2.62. The number of esters is 1. The molecule has 0 rings (SSSR count). The number of rotatable bonds is 15. The van der Waals surface area contributed by atoms with Crippen molar-refractivity contribution in [3.05, 3.63) is 12.7 Å². The van der Waals surface area contributed by atoms with Crippen molar-refractivity contribution in [1.29, 1.82) is 0 Å². The van der Waals surface area contributed by atoms with Crippen LogP contribution in [-0.2, 0) is 25.9 Å². The summed E-state index contributed by atoms with van der Waals surface area (Å²) in [6.07, 6.45) is 12.2. The van der Waals surface area contributed by atoms with Crippen LogP contribution < -0.4 is 0 Å². The average Bonchev–Trinajstić information content (AvgIpc) is 2.46. The Morgan fingerprint density at radius 2 is 1.32 bits per heavy atom. The smallest absolute Gasteiger partial charge is 0.330 e. The minimum atomic E-state index is -3.45. The third kappa shape index (κ3) is 17.8. The first-order valence-electron chi connectivity index (χ1n) is 7.95. The lowest BCUT2D eigenvalue weighted by molar-refractivity contribution is -0.137. The Hall–Kier alpha value is -0.260. The van der Waals surface area contributed by atoms with Gasteiger partial charge >= 0.3 is 12.7 Å². The Bertz CT molecular complexity index is 343. The van der Waals surface area contributed by atoms with Gasteiger partial charge in [0.05, 0.1) is 13.2 Å². The van der Waals surface area contributed by atoms with E-state index in [1.54, 1.807) is 0 Å². The largest absolute Gasteiger partial charge is 0.463 e. The van der Waals surface area contributed by atoms with Crippen molar-refractivity contribution in [1.82, 2.24) is 0 Å². The molecule has 0 saturated carbocycles. The number of hydrogen-bond acceptors (Lipinski definition) is 4. The molecule has 0 aliphatic rings. The minimum absolute atomic E-state index is 0.334. The van der Waals surface area contributed by atoms with Gasteiger partial charge in [-0.15, -0.1) is 0 Å². The van der Waals surface area contributed by atoms with Crippen LogP contribution in [0.25, 0.3) is 0 Å². The molecule has 0 bridgehead atoms. The molecule has 0 atom stereocenters. The number of carbonyl (C=O) groups excluding carboxylic acids is 1. The second-order valence-electron chi connectivity index (χ2n) is 5.23. The van der Waals surface area contributed by atoms with Crippen LogP contribution in [0, 0.1) is 0 Å². The van der Waals surface area contributed by atoms with Gasteiger partial charge in [-0.05, 0) is 24.6 Å². The standard InChI is InChI=1S/C15H29O5PS/c1-2-15(16)19-13-11-9-7-5-3-4-6-8-10-12-14-20-21(17,18)22/h2H,1,3-14H2,(H2,17,18,22). The molecule has 0 heterocycles. The summed E-state index contributed by atoms with van der Waals surface area (Å²) in [5.41, 5.74) is 0. The number of hydrogen-bond donors (Lipinski definition) is 2. The van der Waals surface area contributed by atoms with Gasteiger partial charge in [0.2, 0.25) is 0 Å². The van der Waals surface area contributed by atoms with Gasteiger partial charge in [-0.3, -0.25) is 0 Å². The lowest BCUT2D eigenvalue weighted by Crippen LogP contribution is -2.01. The zero-order valence-corrected chi connectivity index (χ0v) is 15.0. The Morgan fingerprint density at radius 3 is 1.73 bits per heavy atom. The molecule has 0 aliphatic carbocycles. The third-order valence-electron chi connectivity index (χ3n) is 3.21. The van der Waals surface area contributed by atoms with Crippen LogP contribution in [0.5, 0.6) is 0 Å². The number of ether oxygens (including phenoxy) is 1. The van der Waals surface area contributed by atoms with Crippen LogP contribution >= 0.6 is 6.72 Å². The molecule has 0 unspecified atom stereocenters. The molecular weight excluding hydrogens is 323 g/mol. The monoisotopic (exact) mass is 352 g/mol. The van der Waals surface area contributed by atoms with Crippen LogP contribution in [0.4, 0.5) is 0 Å². The molecule has 0 saturated heterocycles. The molecule has 0 aliphatic heterocycles. The van der Waals surface area contributed by atoms with Crippen molar-refractivity contribution in [2.45, 2.75) is 64.2 Å². The molecule has 0 fully saturated rings. The van der Waals surface area contributed by atoms with Gasteiger partial charge in [0.1, 0.15) is 0 Å². The van der Waals surface area contributed by atoms with Crippen molar-refractivity contribution < 1.29 is 23.8 Å². The van der Waals surface area contributed by atoms with E-state index in [1.807, 2.05) is 0 Å². The van der Waals surface area contributed by atoms with Crippen LogP contribution in [-0.4, -0.2) is 29.0 Å². The molecule has 0 amide bonds. The third-order valence-corrected chi connectivity index (χ3v) is 4.04. The number of unbranched alkanes of at least 4 members (excludes halogenated alkanes) is 9. The highest BCUT2D eigenvalue weighted by Gasteiger charge is 2.06. The predicted molar refractivity (Wildman–Crippen MR) is 92.0 cm³/mol. The summed E-state index contributed by atoms with van der Waals surface area (Å²) in [7, 11) is 0. The van der Waals surface area contributed by atoms with Crippen molar-refractivity contribution in [2.75, 3.05) is 13.2 Å². The van der Waals surface area contributed by atoms with Gasteiger partial charge in [-0.1, -0.05) is 57.9 Å². The maximum Gasteiger partial charge on any atom is 0.330 e. The molecular formula is C15H29O5PS. The average molecular weight is 352 g/mol. The van der Waals surface area contributed by atoms with E-state index in [4.69, 9.17) is 19.0 Å². The van der Waals surface area contributed by atoms with E-state index in [1.165, 1.54) is 38.2 Å². The maximum absolute atomic E-state index is 10.8. The molecule has 22 heavy (non-hydrogen) atoms. The highest BCUT2D eigenvalue weighted by molar-refractivity contribution is 8.06. The van der Waals surface area contributed by atoms with Gasteiger partial charge < -0.3 is 19.0 Å². The summed E-state index contributed by atoms with van der Waals surface area (Å²) in [5, 5.41) is 0. The molecule has 130 valence electrons. The van der Waals surface area contributed by atoms with Crippen LogP contribution in [0.15, 0.2) is 12.7 Å². The topological polar surface area (TPSA) is 76.0 Å². The first-order chi connectivity index (χ1) is 10.5. The van der Waals surface area contributed by atoms with Gasteiger partial charge in [-0.25, -0.2) is 4.79 Å². The normalized spacial score (nSPS) is 11.4. The molecule has 0 radical (unpaired) electrons. The Morgan fingerprint density at radius 1 is 0.909 bits per heavy atom. The lowest BCUT2D eigenvalue weighted by Gasteiger charge is -2.07. The van der Waals surface area contributed by atoms with E-state index in [0.717, 1.165) is 32.1 Å². The van der Waals surface area contributed by atoms with Gasteiger partial charge in [0.15, 0.2) is 0 Å². The van der Waals surface area contributed by atoms with E-state index in [-0.39, 0.29) is 5.97 Å². The molecule has 5 nitrogen and oxygen atoms in total. The van der Waals surface area contributed by atoms with Crippen molar-refractivity contribution in [2.24, 2.45) is 0 Å². The lowest BCUT2D eigenvalue weighted by atomic mass is 10.1. The molecule has 0 aromatic carbocycles. The first-order valence-corrected chi connectivity index (χ1v) is 10.6. The summed E-state index contributed by atoms with van der Waals surface area (Å²) < 4.78 is 9.64. The summed E-state index contributed by atoms with van der Waals surface area (Å²) in [6, 6.07) is 0. The van der Waals surface area contributed by atoms with Gasteiger partial charge in [-0.2, -0.15) is 0 Å². The zero-order chi connectivity index (χ0) is 16.7. The molecule has 0 spiro atoms. The predicted octanol–water partition coefficient (Wildman–Crippen LogP) is 3.84. The van der Waals surface area contributed by atoms with Crippen LogP contribution in [0.2, 0.25) is 0 Å². The summed E-state index contributed by atoms with van der Waals surface area (Å²) >= 11 is 4.36. The Kier molecular flexibility index (Phi) is 14.2. The van der Waals surface area contributed by atoms with Crippen molar-refractivity contribution >= 4 is 24.5 Å². The second kappa shape index (κ2) is 14.3. The first kappa shape index (κ1) is 21.7.